The summed E-state index contributed by atoms with van der Waals surface area (Å²) >= 11 is 0. The number of fused-ring (bicyclic) bond motifs is 1. The zero-order valence-corrected chi connectivity index (χ0v) is 5.88. The summed E-state index contributed by atoms with van der Waals surface area (Å²) in [7, 11) is 0. The largest absolute Gasteiger partial charge is 0.0882 e. The molecule has 49 valence electrons. The van der Waals surface area contributed by atoms with Crippen molar-refractivity contribution in [1.82, 2.24) is 0 Å². The molecule has 0 aromatic rings. The molecule has 0 aromatic carbocycles. The van der Waals surface area contributed by atoms with Gasteiger partial charge in [0.05, 0.1) is 0 Å². The molecule has 0 amide bonds. The van der Waals surface area contributed by atoms with E-state index in [-0.39, 0.29) is 0 Å². The van der Waals surface area contributed by atoms with Crippen molar-refractivity contribution in [1.29, 1.82) is 0 Å². The Morgan fingerprint density at radius 2 is 2.44 bits per heavy atom. The molecular weight excluding hydrogens is 108 g/mol. The summed E-state index contributed by atoms with van der Waals surface area (Å²) in [6.07, 6.45) is 9.87. The van der Waals surface area contributed by atoms with Gasteiger partial charge in [0.1, 0.15) is 0 Å². The molecule has 1 fully saturated rings. The minimum atomic E-state index is 0.948. The lowest BCUT2D eigenvalue weighted by molar-refractivity contribution is 0.664. The molecule has 0 saturated heterocycles. The first-order valence-electron chi connectivity index (χ1n) is 3.89. The van der Waals surface area contributed by atoms with Gasteiger partial charge in [0.25, 0.3) is 0 Å². The van der Waals surface area contributed by atoms with Crippen molar-refractivity contribution in [3.05, 3.63) is 18.6 Å². The third kappa shape index (κ3) is 0.726. The fraction of sp³-hybridized carbons (Fsp3) is 0.667. The van der Waals surface area contributed by atoms with E-state index < -0.39 is 0 Å². The van der Waals surface area contributed by atoms with Crippen molar-refractivity contribution >= 4 is 0 Å². The summed E-state index contributed by atoms with van der Waals surface area (Å²) in [6.45, 7) is 2.19. The second-order valence-corrected chi connectivity index (χ2v) is 3.16. The predicted molar refractivity (Wildman–Crippen MR) is 38.8 cm³/mol. The quantitative estimate of drug-likeness (QED) is 0.467. The van der Waals surface area contributed by atoms with E-state index in [1.54, 1.807) is 0 Å². The Morgan fingerprint density at radius 3 is 3.00 bits per heavy atom. The van der Waals surface area contributed by atoms with Crippen LogP contribution in [0.2, 0.25) is 0 Å². The highest BCUT2D eigenvalue weighted by Gasteiger charge is 2.46. The Morgan fingerprint density at radius 1 is 1.56 bits per heavy atom. The Labute approximate surface area is 57.0 Å². The van der Waals surface area contributed by atoms with E-state index in [0.717, 1.165) is 17.8 Å². The fourth-order valence-corrected chi connectivity index (χ4v) is 2.10. The predicted octanol–water partition coefficient (Wildman–Crippen LogP) is 2.42. The Hall–Kier alpha value is -0.260. The van der Waals surface area contributed by atoms with Crippen LogP contribution in [0.1, 0.15) is 19.8 Å². The minimum absolute atomic E-state index is 0.948. The Kier molecular flexibility index (Phi) is 1.14. The van der Waals surface area contributed by atoms with Crippen LogP contribution in [0.3, 0.4) is 0 Å². The number of allylic oxidation sites excluding steroid dienone is 2. The van der Waals surface area contributed by atoms with Crippen molar-refractivity contribution in [3.63, 3.8) is 0 Å². The Balaban J connectivity index is 2.02. The molecule has 1 radical (unpaired) electrons. The van der Waals surface area contributed by atoms with Crippen LogP contribution in [-0.4, -0.2) is 0 Å². The third-order valence-electron chi connectivity index (χ3n) is 2.70. The molecule has 0 nitrogen and oxygen atoms in total. The summed E-state index contributed by atoms with van der Waals surface area (Å²) < 4.78 is 0. The smallest absolute Gasteiger partial charge is 0.0168 e. The van der Waals surface area contributed by atoms with E-state index in [1.165, 1.54) is 12.8 Å². The summed E-state index contributed by atoms with van der Waals surface area (Å²) in [6, 6.07) is 0. The van der Waals surface area contributed by atoms with Crippen molar-refractivity contribution in [3.8, 4) is 0 Å². The van der Waals surface area contributed by atoms with E-state index in [9.17, 15) is 0 Å². The molecule has 2 aliphatic rings. The van der Waals surface area contributed by atoms with Crippen LogP contribution >= 0.6 is 0 Å². The number of hydrogen-bond donors (Lipinski definition) is 0. The molecule has 0 aliphatic heterocycles. The van der Waals surface area contributed by atoms with Crippen molar-refractivity contribution in [2.24, 2.45) is 17.8 Å². The maximum absolute atomic E-state index is 2.40. The zero-order chi connectivity index (χ0) is 6.27. The molecule has 0 aromatic heterocycles. The van der Waals surface area contributed by atoms with Crippen LogP contribution in [-0.2, 0) is 0 Å². The van der Waals surface area contributed by atoms with Gasteiger partial charge in [0.15, 0.2) is 0 Å². The van der Waals surface area contributed by atoms with E-state index in [2.05, 4.69) is 25.5 Å². The highest BCUT2D eigenvalue weighted by molar-refractivity contribution is 5.15. The summed E-state index contributed by atoms with van der Waals surface area (Å²) in [5.74, 6) is 2.94. The van der Waals surface area contributed by atoms with Gasteiger partial charge in [-0.2, -0.15) is 0 Å². The van der Waals surface area contributed by atoms with Crippen LogP contribution in [0.5, 0.6) is 0 Å². The second-order valence-electron chi connectivity index (χ2n) is 3.16. The Bertz CT molecular complexity index is 131. The first kappa shape index (κ1) is 5.52. The summed E-state index contributed by atoms with van der Waals surface area (Å²) in [4.78, 5) is 0. The lowest BCUT2D eigenvalue weighted by atomic mass is 10.1. The van der Waals surface area contributed by atoms with Crippen LogP contribution in [0.15, 0.2) is 12.2 Å². The normalized spacial score (nSPS) is 46.6. The number of rotatable bonds is 1. The lowest BCUT2D eigenvalue weighted by Gasteiger charge is -1.97. The monoisotopic (exact) mass is 121 g/mol. The minimum Gasteiger partial charge on any atom is -0.0882 e. The van der Waals surface area contributed by atoms with Crippen LogP contribution < -0.4 is 0 Å². The number of hydrogen-bond acceptors (Lipinski definition) is 0. The maximum Gasteiger partial charge on any atom is -0.0168 e. The van der Waals surface area contributed by atoms with Gasteiger partial charge < -0.3 is 0 Å². The highest BCUT2D eigenvalue weighted by Crippen LogP contribution is 2.53. The van der Waals surface area contributed by atoms with Gasteiger partial charge in [-0.3, -0.25) is 0 Å². The highest BCUT2D eigenvalue weighted by atomic mass is 14.5. The van der Waals surface area contributed by atoms with Gasteiger partial charge in [-0.25, -0.2) is 0 Å². The topological polar surface area (TPSA) is 0 Å². The fourth-order valence-electron chi connectivity index (χ4n) is 2.10. The molecular formula is C9H13. The third-order valence-corrected chi connectivity index (χ3v) is 2.70. The van der Waals surface area contributed by atoms with Gasteiger partial charge in [-0.15, -0.1) is 0 Å². The first-order chi connectivity index (χ1) is 4.43. The van der Waals surface area contributed by atoms with Gasteiger partial charge in [-0.1, -0.05) is 19.1 Å². The van der Waals surface area contributed by atoms with Crippen molar-refractivity contribution < 1.29 is 0 Å². The zero-order valence-electron chi connectivity index (χ0n) is 5.88. The van der Waals surface area contributed by atoms with E-state index >= 15 is 0 Å². The lowest BCUT2D eigenvalue weighted by Crippen LogP contribution is -1.83. The van der Waals surface area contributed by atoms with E-state index in [1.807, 2.05) is 0 Å². The second kappa shape index (κ2) is 1.86. The van der Waals surface area contributed by atoms with E-state index in [0.29, 0.717) is 0 Å². The molecule has 2 aliphatic carbocycles. The van der Waals surface area contributed by atoms with Crippen LogP contribution in [0.4, 0.5) is 0 Å². The van der Waals surface area contributed by atoms with Gasteiger partial charge in [0, 0.05) is 0 Å². The standard InChI is InChI=1S/C9H13/c1-2-7-8-5-3-4-6-9(7)8/h2-3,5,7-9H,4,6H2,1H3. The average Bonchev–Trinajstić information content (AvgIpc) is 2.60. The molecule has 0 heterocycles. The van der Waals surface area contributed by atoms with Crippen LogP contribution in [0, 0.1) is 24.2 Å². The molecule has 0 heteroatoms. The summed E-state index contributed by atoms with van der Waals surface area (Å²) in [5.41, 5.74) is 0. The summed E-state index contributed by atoms with van der Waals surface area (Å²) in [5, 5.41) is 0. The molecule has 3 atom stereocenters. The average molecular weight is 121 g/mol. The maximum atomic E-state index is 2.40. The molecule has 1 saturated carbocycles. The molecule has 0 spiro atoms. The molecule has 2 rings (SSSR count). The molecule has 9 heavy (non-hydrogen) atoms. The molecule has 0 bridgehead atoms. The van der Waals surface area contributed by atoms with E-state index in [4.69, 9.17) is 0 Å². The molecule has 3 unspecified atom stereocenters. The van der Waals surface area contributed by atoms with Gasteiger partial charge in [0.2, 0.25) is 0 Å². The van der Waals surface area contributed by atoms with Gasteiger partial charge in [-0.05, 0) is 37.0 Å². The van der Waals surface area contributed by atoms with Crippen molar-refractivity contribution in [2.45, 2.75) is 19.8 Å². The van der Waals surface area contributed by atoms with Gasteiger partial charge >= 0.3 is 0 Å². The molecule has 0 N–H and O–H groups in total. The first-order valence-corrected chi connectivity index (χ1v) is 3.89. The SMILES string of the molecule is C[CH]C1C2C=CCCC12. The van der Waals surface area contributed by atoms with Crippen LogP contribution in [0.25, 0.3) is 0 Å². The van der Waals surface area contributed by atoms with Crippen molar-refractivity contribution in [2.75, 3.05) is 0 Å².